The van der Waals surface area contributed by atoms with Crippen LogP contribution in [0.5, 0.6) is 5.75 Å². The topological polar surface area (TPSA) is 56.3 Å². The molecule has 2 atom stereocenters. The lowest BCUT2D eigenvalue weighted by Crippen LogP contribution is -2.52. The largest absolute Gasteiger partial charge is 0.490 e. The highest BCUT2D eigenvalue weighted by molar-refractivity contribution is 5.78. The summed E-state index contributed by atoms with van der Waals surface area (Å²) in [6, 6.07) is 18.3. The lowest BCUT2D eigenvalue weighted by Gasteiger charge is -2.40. The van der Waals surface area contributed by atoms with Gasteiger partial charge in [-0.05, 0) is 37.2 Å². The SMILES string of the molecule is CN1CCN(C(=O)C[C@H]2CN(C(=O)CCN3CCc4ccccc43)CC[C@@H]2Oc2ccccc2)CC1. The molecule has 2 saturated heterocycles. The first-order chi connectivity index (χ1) is 17.6. The first-order valence-corrected chi connectivity index (χ1v) is 13.4. The van der Waals surface area contributed by atoms with E-state index in [1.54, 1.807) is 0 Å². The molecule has 3 aliphatic heterocycles. The molecule has 2 aromatic rings. The average molecular weight is 491 g/mol. The lowest BCUT2D eigenvalue weighted by molar-refractivity contribution is -0.140. The lowest BCUT2D eigenvalue weighted by atomic mass is 9.90. The number of nitrogens with zero attached hydrogens (tertiary/aromatic N) is 4. The van der Waals surface area contributed by atoms with Crippen LogP contribution in [0.3, 0.4) is 0 Å². The zero-order valence-corrected chi connectivity index (χ0v) is 21.3. The third kappa shape index (κ3) is 5.84. The van der Waals surface area contributed by atoms with Crippen LogP contribution >= 0.6 is 0 Å². The Balaban J connectivity index is 1.21. The van der Waals surface area contributed by atoms with E-state index in [0.29, 0.717) is 25.9 Å². The van der Waals surface area contributed by atoms with Crippen LogP contribution in [0.25, 0.3) is 0 Å². The second-order valence-electron chi connectivity index (χ2n) is 10.4. The summed E-state index contributed by atoms with van der Waals surface area (Å²) in [5.41, 5.74) is 2.63. The molecule has 0 aromatic heterocycles. The van der Waals surface area contributed by atoms with Gasteiger partial charge in [0.05, 0.1) is 0 Å². The number of para-hydroxylation sites is 2. The van der Waals surface area contributed by atoms with Crippen LogP contribution < -0.4 is 9.64 Å². The number of likely N-dealkylation sites (tertiary alicyclic amines) is 1. The van der Waals surface area contributed by atoms with Gasteiger partial charge in [0, 0.05) is 83.2 Å². The molecule has 0 saturated carbocycles. The van der Waals surface area contributed by atoms with Crippen molar-refractivity contribution >= 4 is 17.5 Å². The Bertz CT molecular complexity index is 1040. The van der Waals surface area contributed by atoms with Gasteiger partial charge in [0.25, 0.3) is 0 Å². The van der Waals surface area contributed by atoms with E-state index >= 15 is 0 Å². The fraction of sp³-hybridized carbons (Fsp3) is 0.517. The molecule has 3 aliphatic rings. The average Bonchev–Trinajstić information content (AvgIpc) is 3.32. The molecule has 2 fully saturated rings. The number of rotatable bonds is 7. The predicted octanol–water partition coefficient (Wildman–Crippen LogP) is 2.90. The number of piperazine rings is 1. The second-order valence-corrected chi connectivity index (χ2v) is 10.4. The van der Waals surface area contributed by atoms with Crippen molar-refractivity contribution in [1.29, 1.82) is 0 Å². The molecule has 0 N–H and O–H groups in total. The molecule has 192 valence electrons. The molecule has 0 unspecified atom stereocenters. The molecule has 0 radical (unpaired) electrons. The smallest absolute Gasteiger partial charge is 0.224 e. The quantitative estimate of drug-likeness (QED) is 0.598. The van der Waals surface area contributed by atoms with E-state index < -0.39 is 0 Å². The molecule has 2 aromatic carbocycles. The fourth-order valence-corrected chi connectivity index (χ4v) is 5.70. The van der Waals surface area contributed by atoms with Crippen LogP contribution in [-0.2, 0) is 16.0 Å². The van der Waals surface area contributed by atoms with Crippen molar-refractivity contribution in [3.8, 4) is 5.75 Å². The summed E-state index contributed by atoms with van der Waals surface area (Å²) in [5.74, 6) is 1.17. The molecule has 2 amide bonds. The minimum atomic E-state index is -0.0710. The van der Waals surface area contributed by atoms with Crippen molar-refractivity contribution in [2.24, 2.45) is 5.92 Å². The summed E-state index contributed by atoms with van der Waals surface area (Å²) >= 11 is 0. The summed E-state index contributed by atoms with van der Waals surface area (Å²) in [6.07, 6.45) is 2.64. The second kappa shape index (κ2) is 11.3. The minimum Gasteiger partial charge on any atom is -0.490 e. The number of fused-ring (bicyclic) bond motifs is 1. The van der Waals surface area contributed by atoms with Crippen LogP contribution in [-0.4, -0.2) is 92.0 Å². The molecule has 0 aliphatic carbocycles. The summed E-state index contributed by atoms with van der Waals surface area (Å²) in [4.78, 5) is 35.0. The highest BCUT2D eigenvalue weighted by Crippen LogP contribution is 2.29. The summed E-state index contributed by atoms with van der Waals surface area (Å²) < 4.78 is 6.36. The maximum Gasteiger partial charge on any atom is 0.224 e. The highest BCUT2D eigenvalue weighted by atomic mass is 16.5. The first kappa shape index (κ1) is 24.6. The van der Waals surface area contributed by atoms with Crippen LogP contribution in [0, 0.1) is 5.92 Å². The van der Waals surface area contributed by atoms with E-state index in [9.17, 15) is 9.59 Å². The van der Waals surface area contributed by atoms with E-state index in [0.717, 1.165) is 57.9 Å². The minimum absolute atomic E-state index is 0.0115. The van der Waals surface area contributed by atoms with Gasteiger partial charge >= 0.3 is 0 Å². The molecule has 7 heteroatoms. The fourth-order valence-electron chi connectivity index (χ4n) is 5.70. The van der Waals surface area contributed by atoms with E-state index in [1.807, 2.05) is 40.1 Å². The van der Waals surface area contributed by atoms with Crippen molar-refractivity contribution < 1.29 is 14.3 Å². The molecule has 0 bridgehead atoms. The monoisotopic (exact) mass is 490 g/mol. The number of amides is 2. The zero-order chi connectivity index (χ0) is 24.9. The number of likely N-dealkylation sites (N-methyl/N-ethyl adjacent to an activating group) is 1. The maximum atomic E-state index is 13.3. The van der Waals surface area contributed by atoms with Gasteiger partial charge in [0.1, 0.15) is 11.9 Å². The summed E-state index contributed by atoms with van der Waals surface area (Å²) in [6.45, 7) is 6.31. The normalized spacial score (nSPS) is 22.4. The Hall–Kier alpha value is -3.06. The van der Waals surface area contributed by atoms with Gasteiger partial charge < -0.3 is 24.3 Å². The van der Waals surface area contributed by atoms with E-state index in [-0.39, 0.29) is 23.8 Å². The molecule has 5 rings (SSSR count). The van der Waals surface area contributed by atoms with Crippen LogP contribution in [0.4, 0.5) is 5.69 Å². The number of ether oxygens (including phenoxy) is 1. The molecule has 3 heterocycles. The molecular weight excluding hydrogens is 452 g/mol. The third-order valence-electron chi connectivity index (χ3n) is 7.92. The third-order valence-corrected chi connectivity index (χ3v) is 7.92. The molecule has 0 spiro atoms. The van der Waals surface area contributed by atoms with Gasteiger partial charge in [-0.1, -0.05) is 36.4 Å². The van der Waals surface area contributed by atoms with E-state index in [1.165, 1.54) is 11.3 Å². The Morgan fingerprint density at radius 1 is 0.861 bits per heavy atom. The number of piperidine rings is 1. The Labute approximate surface area is 214 Å². The van der Waals surface area contributed by atoms with Gasteiger partial charge in [0.2, 0.25) is 11.8 Å². The standard InChI is InChI=1S/C29H38N4O3/c1-30-17-19-32(20-18-30)29(35)21-24-22-33(15-12-27(24)36-25-8-3-2-4-9-25)28(34)13-16-31-14-11-23-7-5-6-10-26(23)31/h2-10,24,27H,11-22H2,1H3/t24-,27-/m0/s1. The molecule has 7 nitrogen and oxygen atoms in total. The number of anilines is 1. The Kier molecular flexibility index (Phi) is 7.75. The number of hydrogen-bond donors (Lipinski definition) is 0. The maximum absolute atomic E-state index is 13.3. The number of benzene rings is 2. The predicted molar refractivity (Wildman–Crippen MR) is 141 cm³/mol. The van der Waals surface area contributed by atoms with Crippen LogP contribution in [0.1, 0.15) is 24.8 Å². The highest BCUT2D eigenvalue weighted by Gasteiger charge is 2.36. The Morgan fingerprint density at radius 3 is 2.42 bits per heavy atom. The van der Waals surface area contributed by atoms with Gasteiger partial charge in [-0.25, -0.2) is 0 Å². The van der Waals surface area contributed by atoms with Gasteiger partial charge in [0.15, 0.2) is 0 Å². The van der Waals surface area contributed by atoms with Crippen molar-refractivity contribution in [3.63, 3.8) is 0 Å². The van der Waals surface area contributed by atoms with Gasteiger partial charge in [-0.3, -0.25) is 9.59 Å². The Morgan fingerprint density at radius 2 is 1.61 bits per heavy atom. The first-order valence-electron chi connectivity index (χ1n) is 13.4. The number of hydrogen-bond acceptors (Lipinski definition) is 5. The summed E-state index contributed by atoms with van der Waals surface area (Å²) in [7, 11) is 2.09. The molecular formula is C29H38N4O3. The number of carbonyl (C=O) groups excluding carboxylic acids is 2. The zero-order valence-electron chi connectivity index (χ0n) is 21.3. The molecule has 36 heavy (non-hydrogen) atoms. The van der Waals surface area contributed by atoms with Crippen molar-refractivity contribution in [1.82, 2.24) is 14.7 Å². The van der Waals surface area contributed by atoms with Crippen molar-refractivity contribution in [2.75, 3.05) is 64.3 Å². The number of carbonyl (C=O) groups is 2. The summed E-state index contributed by atoms with van der Waals surface area (Å²) in [5, 5.41) is 0. The van der Waals surface area contributed by atoms with Gasteiger partial charge in [-0.15, -0.1) is 0 Å². The van der Waals surface area contributed by atoms with E-state index in [4.69, 9.17) is 4.74 Å². The van der Waals surface area contributed by atoms with Crippen molar-refractivity contribution in [2.45, 2.75) is 31.8 Å². The van der Waals surface area contributed by atoms with Crippen LogP contribution in [0.15, 0.2) is 54.6 Å². The van der Waals surface area contributed by atoms with E-state index in [2.05, 4.69) is 41.1 Å². The van der Waals surface area contributed by atoms with Crippen molar-refractivity contribution in [3.05, 3.63) is 60.2 Å². The van der Waals surface area contributed by atoms with Gasteiger partial charge in [-0.2, -0.15) is 0 Å². The van der Waals surface area contributed by atoms with Crippen LogP contribution in [0.2, 0.25) is 0 Å².